The molecule has 0 amide bonds. The van der Waals surface area contributed by atoms with Crippen molar-refractivity contribution in [2.75, 3.05) is 11.9 Å². The largest absolute Gasteiger partial charge is 0.475 e. The molecule has 2 aromatic rings. The highest BCUT2D eigenvalue weighted by molar-refractivity contribution is 5.50. The molecule has 28 heavy (non-hydrogen) atoms. The molecule has 2 heterocycles. The number of halogens is 1. The van der Waals surface area contributed by atoms with Gasteiger partial charge < -0.3 is 15.2 Å². The normalized spacial score (nSPS) is 20.4. The Kier molecular flexibility index (Phi) is 6.17. The monoisotopic (exact) mass is 391 g/mol. The Labute approximate surface area is 165 Å². The Bertz CT molecular complexity index is 779. The van der Waals surface area contributed by atoms with Crippen LogP contribution in [0.4, 0.5) is 16.0 Å². The molecule has 0 radical (unpaired) electrons. The van der Waals surface area contributed by atoms with Crippen LogP contribution >= 0.6 is 0 Å². The Morgan fingerprint density at radius 3 is 2.61 bits per heavy atom. The van der Waals surface area contributed by atoms with Gasteiger partial charge in [0.1, 0.15) is 0 Å². The average Bonchev–Trinajstić information content (AvgIpc) is 3.10. The highest BCUT2D eigenvalue weighted by Gasteiger charge is 2.31. The zero-order chi connectivity index (χ0) is 20.3. The first-order valence-corrected chi connectivity index (χ1v) is 9.91. The van der Waals surface area contributed by atoms with E-state index in [2.05, 4.69) is 20.4 Å². The van der Waals surface area contributed by atoms with E-state index in [4.69, 9.17) is 4.74 Å². The second-order valence-electron chi connectivity index (χ2n) is 8.46. The molecule has 7 nitrogen and oxygen atoms in total. The first kappa shape index (κ1) is 20.5. The van der Waals surface area contributed by atoms with E-state index in [-0.39, 0.29) is 17.9 Å². The maximum Gasteiger partial charge on any atom is 0.255 e. The van der Waals surface area contributed by atoms with Crippen molar-refractivity contribution in [1.29, 1.82) is 0 Å². The summed E-state index contributed by atoms with van der Waals surface area (Å²) in [6.45, 7) is 8.21. The van der Waals surface area contributed by atoms with Crippen LogP contribution in [-0.4, -0.2) is 37.1 Å². The van der Waals surface area contributed by atoms with E-state index in [1.54, 1.807) is 6.20 Å². The summed E-state index contributed by atoms with van der Waals surface area (Å²) < 4.78 is 21.5. The van der Waals surface area contributed by atoms with Crippen molar-refractivity contribution >= 4 is 11.6 Å². The first-order chi connectivity index (χ1) is 13.2. The van der Waals surface area contributed by atoms with E-state index in [0.29, 0.717) is 18.4 Å². The predicted molar refractivity (Wildman–Crippen MR) is 105 cm³/mol. The fourth-order valence-electron chi connectivity index (χ4n) is 3.56. The molecule has 2 aromatic heterocycles. The number of aromatic nitrogens is 4. The van der Waals surface area contributed by atoms with Crippen LogP contribution in [0.15, 0.2) is 18.6 Å². The van der Waals surface area contributed by atoms with E-state index in [0.717, 1.165) is 37.6 Å². The predicted octanol–water partition coefficient (Wildman–Crippen LogP) is 4.09. The second-order valence-corrected chi connectivity index (χ2v) is 8.46. The van der Waals surface area contributed by atoms with Gasteiger partial charge in [-0.3, -0.25) is 4.68 Å². The van der Waals surface area contributed by atoms with Gasteiger partial charge in [0, 0.05) is 12.2 Å². The van der Waals surface area contributed by atoms with Crippen LogP contribution in [0.2, 0.25) is 0 Å². The number of nitrogens with zero attached hydrogens (tertiary/aromatic N) is 4. The van der Waals surface area contributed by atoms with E-state index in [1.807, 2.05) is 38.6 Å². The average molecular weight is 391 g/mol. The van der Waals surface area contributed by atoms with E-state index in [9.17, 15) is 9.50 Å². The zero-order valence-corrected chi connectivity index (χ0v) is 17.0. The van der Waals surface area contributed by atoms with Gasteiger partial charge >= 0.3 is 0 Å². The molecule has 0 bridgehead atoms. The van der Waals surface area contributed by atoms with Crippen LogP contribution in [0.1, 0.15) is 59.4 Å². The quantitative estimate of drug-likeness (QED) is 0.739. The first-order valence-electron chi connectivity index (χ1n) is 9.91. The van der Waals surface area contributed by atoms with Crippen molar-refractivity contribution in [3.8, 4) is 5.88 Å². The second kappa shape index (κ2) is 8.43. The number of anilines is 2. The van der Waals surface area contributed by atoms with Gasteiger partial charge in [0.25, 0.3) is 5.88 Å². The van der Waals surface area contributed by atoms with Crippen LogP contribution in [-0.2, 0) is 0 Å². The molecule has 8 heteroatoms. The minimum Gasteiger partial charge on any atom is -0.475 e. The van der Waals surface area contributed by atoms with Gasteiger partial charge in [0.2, 0.25) is 11.8 Å². The Morgan fingerprint density at radius 1 is 1.29 bits per heavy atom. The number of rotatable bonds is 7. The molecule has 0 spiro atoms. The summed E-state index contributed by atoms with van der Waals surface area (Å²) in [5.74, 6) is 0.299. The van der Waals surface area contributed by atoms with Crippen LogP contribution in [0.3, 0.4) is 0 Å². The van der Waals surface area contributed by atoms with Crippen LogP contribution in [0.25, 0.3) is 0 Å². The fourth-order valence-corrected chi connectivity index (χ4v) is 3.56. The van der Waals surface area contributed by atoms with Crippen molar-refractivity contribution in [3.63, 3.8) is 0 Å². The van der Waals surface area contributed by atoms with Crippen molar-refractivity contribution < 1.29 is 14.2 Å². The topological polar surface area (TPSA) is 85.1 Å². The summed E-state index contributed by atoms with van der Waals surface area (Å²) in [7, 11) is 0. The lowest BCUT2D eigenvalue weighted by molar-refractivity contribution is -0.00922. The number of hydrogen-bond acceptors (Lipinski definition) is 6. The Balaban J connectivity index is 1.56. The molecule has 0 atom stereocenters. The van der Waals surface area contributed by atoms with E-state index < -0.39 is 11.4 Å². The summed E-state index contributed by atoms with van der Waals surface area (Å²) in [6, 6.07) is 0.245. The fraction of sp³-hybridized carbons (Fsp3) is 0.650. The Hall–Kier alpha value is -2.22. The van der Waals surface area contributed by atoms with Crippen LogP contribution in [0, 0.1) is 17.7 Å². The molecule has 1 aliphatic carbocycles. The van der Waals surface area contributed by atoms with Gasteiger partial charge in [-0.15, -0.1) is 0 Å². The van der Waals surface area contributed by atoms with Gasteiger partial charge in [-0.05, 0) is 65.2 Å². The molecule has 0 aromatic carbocycles. The van der Waals surface area contributed by atoms with E-state index >= 15 is 0 Å². The van der Waals surface area contributed by atoms with Gasteiger partial charge in [-0.2, -0.15) is 14.5 Å². The molecule has 1 fully saturated rings. The third-order valence-corrected chi connectivity index (χ3v) is 5.40. The zero-order valence-electron chi connectivity index (χ0n) is 17.0. The van der Waals surface area contributed by atoms with Crippen molar-refractivity contribution in [3.05, 3.63) is 24.4 Å². The lowest BCUT2D eigenvalue weighted by atomic mass is 9.75. The smallest absolute Gasteiger partial charge is 0.255 e. The summed E-state index contributed by atoms with van der Waals surface area (Å²) >= 11 is 0. The van der Waals surface area contributed by atoms with Gasteiger partial charge in [0.05, 0.1) is 30.3 Å². The minimum atomic E-state index is -0.644. The molecule has 1 saturated carbocycles. The molecule has 0 saturated heterocycles. The van der Waals surface area contributed by atoms with Crippen LogP contribution < -0.4 is 10.1 Å². The highest BCUT2D eigenvalue weighted by atomic mass is 19.1. The van der Waals surface area contributed by atoms with Gasteiger partial charge in [0.15, 0.2) is 0 Å². The molecule has 1 aliphatic rings. The highest BCUT2D eigenvalue weighted by Crippen LogP contribution is 2.35. The molecule has 154 valence electrons. The molecular formula is C20H30FN5O2. The third kappa shape index (κ3) is 5.19. The summed E-state index contributed by atoms with van der Waals surface area (Å²) in [5, 5.41) is 17.4. The van der Waals surface area contributed by atoms with Crippen LogP contribution in [0.5, 0.6) is 5.88 Å². The minimum absolute atomic E-state index is 0.0432. The maximum atomic E-state index is 14.1. The number of hydrogen-bond donors (Lipinski definition) is 2. The van der Waals surface area contributed by atoms with Gasteiger partial charge in [-0.1, -0.05) is 0 Å². The van der Waals surface area contributed by atoms with Gasteiger partial charge in [-0.25, -0.2) is 4.98 Å². The molecular weight excluding hydrogens is 361 g/mol. The summed E-state index contributed by atoms with van der Waals surface area (Å²) in [5.41, 5.74) is 0.0883. The molecule has 2 N–H and O–H groups in total. The maximum absolute atomic E-state index is 14.1. The van der Waals surface area contributed by atoms with E-state index in [1.165, 1.54) is 0 Å². The number of aliphatic hydroxyl groups is 1. The summed E-state index contributed by atoms with van der Waals surface area (Å²) in [4.78, 5) is 8.14. The summed E-state index contributed by atoms with van der Waals surface area (Å²) in [6.07, 6.45) is 8.46. The lowest BCUT2D eigenvalue weighted by Crippen LogP contribution is -2.34. The SMILES string of the molecule is CC(C)n1cc(Nc2ncc(F)c(OCC3CCC(C(C)(C)O)CC3)n2)cn1. The number of ether oxygens (including phenoxy) is 1. The standard InChI is InChI=1S/C20H30FN5O2/c1-13(2)26-11-16(9-23-26)24-19-22-10-17(21)18(25-19)28-12-14-5-7-15(8-6-14)20(3,4)27/h9-11,13-15,27H,5-8,12H2,1-4H3,(H,22,24,25). The number of nitrogens with one attached hydrogen (secondary N) is 1. The van der Waals surface area contributed by atoms with Crippen molar-refractivity contribution in [2.24, 2.45) is 11.8 Å². The molecule has 3 rings (SSSR count). The molecule has 0 unspecified atom stereocenters. The third-order valence-electron chi connectivity index (χ3n) is 5.40. The van der Waals surface area contributed by atoms with Crippen molar-refractivity contribution in [2.45, 2.75) is 65.0 Å². The lowest BCUT2D eigenvalue weighted by Gasteiger charge is -2.35. The molecule has 0 aliphatic heterocycles. The Morgan fingerprint density at radius 2 is 2.00 bits per heavy atom. The van der Waals surface area contributed by atoms with Crippen molar-refractivity contribution in [1.82, 2.24) is 19.7 Å².